The van der Waals surface area contributed by atoms with Gasteiger partial charge in [-0.15, -0.1) is 11.6 Å². The molecule has 0 aromatic heterocycles. The fourth-order valence-corrected chi connectivity index (χ4v) is 2.36. The number of carbonyl (C=O) groups excluding carboxylic acids is 1. The van der Waals surface area contributed by atoms with Crippen molar-refractivity contribution >= 4 is 23.2 Å². The topological polar surface area (TPSA) is 72.7 Å². The molecule has 0 radical (unpaired) electrons. The Labute approximate surface area is 121 Å². The number of benzene rings is 1. The van der Waals surface area contributed by atoms with Gasteiger partial charge in [-0.05, 0) is 18.6 Å². The second-order valence-corrected chi connectivity index (χ2v) is 4.96. The number of alkyl halides is 1. The molecule has 1 heterocycles. The van der Waals surface area contributed by atoms with Crippen molar-refractivity contribution in [2.75, 3.05) is 25.6 Å². The molecule has 1 fully saturated rings. The highest BCUT2D eigenvalue weighted by Gasteiger charge is 2.25. The molecule has 0 bridgehead atoms. The van der Waals surface area contributed by atoms with Crippen molar-refractivity contribution in [2.45, 2.75) is 13.0 Å². The molecular weight excluding hydrogens is 284 g/mol. The summed E-state index contributed by atoms with van der Waals surface area (Å²) < 4.78 is 5.41. The number of carbonyl (C=O) groups is 1. The third-order valence-electron chi connectivity index (χ3n) is 3.25. The van der Waals surface area contributed by atoms with Crippen LogP contribution in [0.1, 0.15) is 15.9 Å². The zero-order valence-corrected chi connectivity index (χ0v) is 11.8. The number of morpholine rings is 1. The fourth-order valence-electron chi connectivity index (χ4n) is 2.17. The van der Waals surface area contributed by atoms with Gasteiger partial charge in [-0.3, -0.25) is 14.9 Å². The minimum Gasteiger partial charge on any atom is -0.373 e. The maximum absolute atomic E-state index is 12.4. The molecule has 2 rings (SSSR count). The first-order valence-corrected chi connectivity index (χ1v) is 6.78. The minimum absolute atomic E-state index is 0.0142. The van der Waals surface area contributed by atoms with Gasteiger partial charge in [0.15, 0.2) is 0 Å². The monoisotopic (exact) mass is 298 g/mol. The molecular formula is C13H15ClN2O4. The predicted octanol–water partition coefficient (Wildman–Crippen LogP) is 1.98. The van der Waals surface area contributed by atoms with Crippen molar-refractivity contribution in [3.63, 3.8) is 0 Å². The Morgan fingerprint density at radius 2 is 2.35 bits per heavy atom. The Kier molecular flexibility index (Phi) is 4.57. The summed E-state index contributed by atoms with van der Waals surface area (Å²) in [4.78, 5) is 24.3. The minimum atomic E-state index is -0.473. The number of non-ortho nitro benzene ring substituents is 1. The Balaban J connectivity index is 2.18. The Morgan fingerprint density at radius 3 is 2.95 bits per heavy atom. The van der Waals surface area contributed by atoms with Gasteiger partial charge in [0.05, 0.1) is 23.5 Å². The lowest BCUT2D eigenvalue weighted by atomic mass is 10.1. The summed E-state index contributed by atoms with van der Waals surface area (Å²) in [5.41, 5.74) is 1.06. The molecule has 1 atom stereocenters. The molecule has 1 aromatic carbocycles. The molecule has 0 N–H and O–H groups in total. The van der Waals surface area contributed by atoms with E-state index in [4.69, 9.17) is 16.3 Å². The van der Waals surface area contributed by atoms with Gasteiger partial charge in [-0.2, -0.15) is 0 Å². The second-order valence-electron chi connectivity index (χ2n) is 4.65. The lowest BCUT2D eigenvalue weighted by Gasteiger charge is -2.32. The van der Waals surface area contributed by atoms with Crippen LogP contribution in [-0.2, 0) is 4.74 Å². The van der Waals surface area contributed by atoms with Crippen LogP contribution in [0.2, 0.25) is 0 Å². The molecule has 1 aromatic rings. The van der Waals surface area contributed by atoms with Crippen LogP contribution in [0.25, 0.3) is 0 Å². The van der Waals surface area contributed by atoms with Crippen molar-refractivity contribution in [1.82, 2.24) is 4.90 Å². The summed E-state index contributed by atoms with van der Waals surface area (Å²) >= 11 is 5.75. The van der Waals surface area contributed by atoms with Crippen LogP contribution in [0.15, 0.2) is 18.2 Å². The van der Waals surface area contributed by atoms with E-state index in [9.17, 15) is 14.9 Å². The van der Waals surface area contributed by atoms with E-state index in [0.29, 0.717) is 36.7 Å². The molecule has 0 saturated carbocycles. The number of nitrogens with zero attached hydrogens (tertiary/aromatic N) is 2. The summed E-state index contributed by atoms with van der Waals surface area (Å²) in [6.45, 7) is 3.09. The van der Waals surface area contributed by atoms with Crippen LogP contribution in [0.4, 0.5) is 5.69 Å². The van der Waals surface area contributed by atoms with E-state index in [1.165, 1.54) is 18.2 Å². The first-order valence-electron chi connectivity index (χ1n) is 6.25. The number of amides is 1. The quantitative estimate of drug-likeness (QED) is 0.486. The Bertz CT molecular complexity index is 535. The van der Waals surface area contributed by atoms with Gasteiger partial charge < -0.3 is 9.64 Å². The summed E-state index contributed by atoms with van der Waals surface area (Å²) in [5.74, 6) is 0.194. The highest BCUT2D eigenvalue weighted by atomic mass is 35.5. The first kappa shape index (κ1) is 14.7. The molecule has 1 aliphatic rings. The zero-order chi connectivity index (χ0) is 14.7. The normalized spacial score (nSPS) is 18.9. The van der Waals surface area contributed by atoms with Crippen LogP contribution in [0.5, 0.6) is 0 Å². The molecule has 0 spiro atoms. The average Bonchev–Trinajstić information content (AvgIpc) is 2.46. The molecule has 6 nitrogen and oxygen atoms in total. The number of nitro benzene ring substituents is 1. The lowest BCUT2D eigenvalue weighted by molar-refractivity contribution is -0.384. The van der Waals surface area contributed by atoms with Crippen molar-refractivity contribution in [1.29, 1.82) is 0 Å². The smallest absolute Gasteiger partial charge is 0.269 e. The van der Waals surface area contributed by atoms with E-state index in [1.807, 2.05) is 0 Å². The van der Waals surface area contributed by atoms with Crippen LogP contribution in [0.3, 0.4) is 0 Å². The van der Waals surface area contributed by atoms with Crippen molar-refractivity contribution in [3.8, 4) is 0 Å². The van der Waals surface area contributed by atoms with E-state index in [1.54, 1.807) is 11.8 Å². The summed E-state index contributed by atoms with van der Waals surface area (Å²) in [5, 5.41) is 10.7. The van der Waals surface area contributed by atoms with Gasteiger partial charge in [0, 0.05) is 30.8 Å². The number of hydrogen-bond donors (Lipinski definition) is 0. The molecule has 1 amide bonds. The lowest BCUT2D eigenvalue weighted by Crippen LogP contribution is -2.46. The van der Waals surface area contributed by atoms with Gasteiger partial charge in [-0.25, -0.2) is 0 Å². The largest absolute Gasteiger partial charge is 0.373 e. The van der Waals surface area contributed by atoms with E-state index in [0.717, 1.165) is 0 Å². The van der Waals surface area contributed by atoms with Gasteiger partial charge in [0.1, 0.15) is 0 Å². The summed E-state index contributed by atoms with van der Waals surface area (Å²) in [6.07, 6.45) is -0.160. The van der Waals surface area contributed by atoms with Gasteiger partial charge >= 0.3 is 0 Å². The van der Waals surface area contributed by atoms with E-state index < -0.39 is 4.92 Å². The Hall–Kier alpha value is -1.66. The standard InChI is InChI=1S/C13H15ClN2O4/c1-9-6-10(16(18)19)2-3-12(9)13(17)15-4-5-20-11(7-14)8-15/h2-3,6,11H,4-5,7-8H2,1H3. The van der Waals surface area contributed by atoms with E-state index >= 15 is 0 Å². The number of hydrogen-bond acceptors (Lipinski definition) is 4. The summed E-state index contributed by atoms with van der Waals surface area (Å²) in [6, 6.07) is 4.26. The van der Waals surface area contributed by atoms with Gasteiger partial charge in [-0.1, -0.05) is 0 Å². The number of nitro groups is 1. The SMILES string of the molecule is Cc1cc([N+](=O)[O-])ccc1C(=O)N1CCOC(CCl)C1. The Morgan fingerprint density at radius 1 is 1.60 bits per heavy atom. The van der Waals surface area contributed by atoms with Crippen molar-refractivity contribution in [3.05, 3.63) is 39.4 Å². The third kappa shape index (κ3) is 3.08. The van der Waals surface area contributed by atoms with Gasteiger partial charge in [0.25, 0.3) is 11.6 Å². The highest BCUT2D eigenvalue weighted by Crippen LogP contribution is 2.19. The predicted molar refractivity (Wildman–Crippen MR) is 74.2 cm³/mol. The third-order valence-corrected chi connectivity index (χ3v) is 3.59. The van der Waals surface area contributed by atoms with Crippen molar-refractivity contribution < 1.29 is 14.5 Å². The summed E-state index contributed by atoms with van der Waals surface area (Å²) in [7, 11) is 0. The van der Waals surface area contributed by atoms with Crippen molar-refractivity contribution in [2.24, 2.45) is 0 Å². The maximum atomic E-state index is 12.4. The number of ether oxygens (including phenoxy) is 1. The highest BCUT2D eigenvalue weighted by molar-refractivity contribution is 6.18. The number of halogens is 1. The fraction of sp³-hybridized carbons (Fsp3) is 0.462. The first-order chi connectivity index (χ1) is 9.52. The molecule has 0 aliphatic carbocycles. The van der Waals surface area contributed by atoms with E-state index in [-0.39, 0.29) is 17.7 Å². The van der Waals surface area contributed by atoms with Crippen LogP contribution in [-0.4, -0.2) is 47.4 Å². The number of aryl methyl sites for hydroxylation is 1. The molecule has 108 valence electrons. The molecule has 1 aliphatic heterocycles. The molecule has 1 unspecified atom stereocenters. The van der Waals surface area contributed by atoms with E-state index in [2.05, 4.69) is 0 Å². The molecule has 1 saturated heterocycles. The molecule has 7 heteroatoms. The van der Waals surface area contributed by atoms with Gasteiger partial charge in [0.2, 0.25) is 0 Å². The van der Waals surface area contributed by atoms with Crippen LogP contribution in [0, 0.1) is 17.0 Å². The maximum Gasteiger partial charge on any atom is 0.269 e. The number of rotatable bonds is 3. The van der Waals surface area contributed by atoms with Crippen LogP contribution < -0.4 is 0 Å². The average molecular weight is 299 g/mol. The molecule has 20 heavy (non-hydrogen) atoms. The zero-order valence-electron chi connectivity index (χ0n) is 11.0. The van der Waals surface area contributed by atoms with Crippen LogP contribution >= 0.6 is 11.6 Å². The second kappa shape index (κ2) is 6.19.